The molecule has 0 aliphatic carbocycles. The first-order chi connectivity index (χ1) is 7.79. The Hall–Kier alpha value is -1.61. The van der Waals surface area contributed by atoms with Gasteiger partial charge >= 0.3 is 0 Å². The van der Waals surface area contributed by atoms with Crippen LogP contribution < -0.4 is 0 Å². The van der Waals surface area contributed by atoms with Gasteiger partial charge in [0.1, 0.15) is 5.69 Å². The molecular formula is C12H11ClN2O. The Morgan fingerprint density at radius 2 is 2.06 bits per heavy atom. The smallest absolute Gasteiger partial charge is 0.168 e. The van der Waals surface area contributed by atoms with Crippen molar-refractivity contribution in [1.82, 2.24) is 9.55 Å². The number of aryl methyl sites for hydroxylation is 2. The van der Waals surface area contributed by atoms with Crippen LogP contribution in [0.15, 0.2) is 36.8 Å². The molecule has 2 aromatic rings. The minimum absolute atomic E-state index is 0.606. The summed E-state index contributed by atoms with van der Waals surface area (Å²) in [5.41, 5.74) is 1.80. The molecule has 16 heavy (non-hydrogen) atoms. The Morgan fingerprint density at radius 1 is 1.31 bits per heavy atom. The summed E-state index contributed by atoms with van der Waals surface area (Å²) < 4.78 is 1.83. The first-order valence-corrected chi connectivity index (χ1v) is 5.37. The van der Waals surface area contributed by atoms with Gasteiger partial charge in [0, 0.05) is 11.6 Å². The second-order valence-corrected chi connectivity index (χ2v) is 3.94. The van der Waals surface area contributed by atoms with Crippen molar-refractivity contribution in [2.45, 2.75) is 13.0 Å². The van der Waals surface area contributed by atoms with Crippen molar-refractivity contribution >= 4 is 17.9 Å². The highest BCUT2D eigenvalue weighted by Crippen LogP contribution is 2.10. The highest BCUT2D eigenvalue weighted by molar-refractivity contribution is 6.30. The van der Waals surface area contributed by atoms with Crippen LogP contribution in [0.5, 0.6) is 0 Å². The molecule has 3 nitrogen and oxygen atoms in total. The maximum Gasteiger partial charge on any atom is 0.168 e. The number of imidazole rings is 1. The maximum absolute atomic E-state index is 10.7. The summed E-state index contributed by atoms with van der Waals surface area (Å²) >= 11 is 5.80. The number of aldehydes is 1. The van der Waals surface area contributed by atoms with Crippen molar-refractivity contribution < 1.29 is 4.79 Å². The van der Waals surface area contributed by atoms with Gasteiger partial charge in [-0.05, 0) is 24.1 Å². The minimum Gasteiger partial charge on any atom is -0.328 e. The molecule has 1 aromatic carbocycles. The Balaban J connectivity index is 2.02. The third-order valence-electron chi connectivity index (χ3n) is 2.42. The molecular weight excluding hydrogens is 224 g/mol. The van der Waals surface area contributed by atoms with E-state index < -0.39 is 0 Å². The molecule has 4 heteroatoms. The van der Waals surface area contributed by atoms with Gasteiger partial charge in [-0.1, -0.05) is 23.7 Å². The SMILES string of the molecule is O=Cc1cncn1CCc1ccc(Cl)cc1. The lowest BCUT2D eigenvalue weighted by Crippen LogP contribution is -2.03. The van der Waals surface area contributed by atoms with Gasteiger partial charge in [0.15, 0.2) is 6.29 Å². The van der Waals surface area contributed by atoms with Gasteiger partial charge in [-0.15, -0.1) is 0 Å². The minimum atomic E-state index is 0.606. The highest BCUT2D eigenvalue weighted by Gasteiger charge is 2.00. The third-order valence-corrected chi connectivity index (χ3v) is 2.67. The molecule has 0 saturated heterocycles. The zero-order valence-electron chi connectivity index (χ0n) is 8.64. The number of carbonyl (C=O) groups is 1. The Bertz CT molecular complexity index is 476. The van der Waals surface area contributed by atoms with E-state index in [9.17, 15) is 4.79 Å². The summed E-state index contributed by atoms with van der Waals surface area (Å²) in [6.07, 6.45) is 4.90. The average Bonchev–Trinajstić information content (AvgIpc) is 2.76. The largest absolute Gasteiger partial charge is 0.328 e. The second-order valence-electron chi connectivity index (χ2n) is 3.51. The van der Waals surface area contributed by atoms with E-state index in [-0.39, 0.29) is 0 Å². The first kappa shape index (κ1) is 10.9. The van der Waals surface area contributed by atoms with E-state index in [1.54, 1.807) is 12.5 Å². The molecule has 82 valence electrons. The van der Waals surface area contributed by atoms with Gasteiger partial charge in [-0.3, -0.25) is 4.79 Å². The first-order valence-electron chi connectivity index (χ1n) is 4.99. The quantitative estimate of drug-likeness (QED) is 0.763. The lowest BCUT2D eigenvalue weighted by atomic mass is 10.1. The average molecular weight is 235 g/mol. The van der Waals surface area contributed by atoms with E-state index in [4.69, 9.17) is 11.6 Å². The normalized spacial score (nSPS) is 10.3. The summed E-state index contributed by atoms with van der Waals surface area (Å²) in [4.78, 5) is 14.6. The molecule has 0 fully saturated rings. The molecule has 0 N–H and O–H groups in total. The van der Waals surface area contributed by atoms with Crippen LogP contribution >= 0.6 is 11.6 Å². The summed E-state index contributed by atoms with van der Waals surface area (Å²) in [5.74, 6) is 0. The number of benzene rings is 1. The molecule has 0 radical (unpaired) electrons. The van der Waals surface area contributed by atoms with Gasteiger partial charge in [0.2, 0.25) is 0 Å². The van der Waals surface area contributed by atoms with Crippen LogP contribution in [0.2, 0.25) is 5.02 Å². The van der Waals surface area contributed by atoms with Gasteiger partial charge in [0.05, 0.1) is 12.5 Å². The lowest BCUT2D eigenvalue weighted by molar-refractivity contribution is 0.111. The molecule has 1 aromatic heterocycles. The zero-order chi connectivity index (χ0) is 11.4. The van der Waals surface area contributed by atoms with Crippen molar-refractivity contribution in [2.24, 2.45) is 0 Å². The zero-order valence-corrected chi connectivity index (χ0v) is 9.39. The van der Waals surface area contributed by atoms with E-state index in [1.807, 2.05) is 28.8 Å². The van der Waals surface area contributed by atoms with Crippen molar-refractivity contribution in [3.05, 3.63) is 53.1 Å². The summed E-state index contributed by atoms with van der Waals surface area (Å²) in [5, 5.41) is 0.736. The van der Waals surface area contributed by atoms with Crippen LogP contribution in [0.4, 0.5) is 0 Å². The number of aromatic nitrogens is 2. The third kappa shape index (κ3) is 2.49. The summed E-state index contributed by atoms with van der Waals surface area (Å²) in [7, 11) is 0. The van der Waals surface area contributed by atoms with Gasteiger partial charge in [0.25, 0.3) is 0 Å². The van der Waals surface area contributed by atoms with Gasteiger partial charge in [-0.2, -0.15) is 0 Å². The molecule has 2 rings (SSSR count). The molecule has 0 bridgehead atoms. The fourth-order valence-electron chi connectivity index (χ4n) is 1.52. The van der Waals surface area contributed by atoms with E-state index in [0.717, 1.165) is 24.3 Å². The van der Waals surface area contributed by atoms with E-state index >= 15 is 0 Å². The Labute approximate surface area is 98.7 Å². The second kappa shape index (κ2) is 4.94. The van der Waals surface area contributed by atoms with Crippen LogP contribution in [-0.4, -0.2) is 15.8 Å². The molecule has 0 unspecified atom stereocenters. The van der Waals surface area contributed by atoms with Crippen molar-refractivity contribution in [2.75, 3.05) is 0 Å². The molecule has 0 spiro atoms. The predicted molar refractivity (Wildman–Crippen MR) is 62.8 cm³/mol. The van der Waals surface area contributed by atoms with Crippen molar-refractivity contribution in [3.8, 4) is 0 Å². The standard InChI is InChI=1S/C12H11ClN2O/c13-11-3-1-10(2-4-11)5-6-15-9-14-7-12(15)8-16/h1-4,7-9H,5-6H2. The monoisotopic (exact) mass is 234 g/mol. The number of carbonyl (C=O) groups excluding carboxylic acids is 1. The van der Waals surface area contributed by atoms with Crippen LogP contribution in [0, 0.1) is 0 Å². The van der Waals surface area contributed by atoms with Crippen LogP contribution in [0.25, 0.3) is 0 Å². The summed E-state index contributed by atoms with van der Waals surface area (Å²) in [6, 6.07) is 7.70. The number of hydrogen-bond donors (Lipinski definition) is 0. The lowest BCUT2D eigenvalue weighted by Gasteiger charge is -2.04. The number of nitrogens with zero attached hydrogens (tertiary/aromatic N) is 2. The van der Waals surface area contributed by atoms with Crippen LogP contribution in [-0.2, 0) is 13.0 Å². The number of hydrogen-bond acceptors (Lipinski definition) is 2. The fraction of sp³-hybridized carbons (Fsp3) is 0.167. The molecule has 0 atom stereocenters. The van der Waals surface area contributed by atoms with Gasteiger partial charge < -0.3 is 4.57 Å². The molecule has 0 aliphatic rings. The van der Waals surface area contributed by atoms with Crippen molar-refractivity contribution in [1.29, 1.82) is 0 Å². The Morgan fingerprint density at radius 3 is 2.75 bits per heavy atom. The van der Waals surface area contributed by atoms with E-state index in [1.165, 1.54) is 5.56 Å². The Kier molecular flexibility index (Phi) is 3.37. The van der Waals surface area contributed by atoms with Gasteiger partial charge in [-0.25, -0.2) is 4.98 Å². The van der Waals surface area contributed by atoms with Crippen LogP contribution in [0.1, 0.15) is 16.1 Å². The topological polar surface area (TPSA) is 34.9 Å². The highest BCUT2D eigenvalue weighted by atomic mass is 35.5. The molecule has 0 saturated carbocycles. The van der Waals surface area contributed by atoms with E-state index in [0.29, 0.717) is 5.69 Å². The van der Waals surface area contributed by atoms with Crippen molar-refractivity contribution in [3.63, 3.8) is 0 Å². The predicted octanol–water partition coefficient (Wildman–Crippen LogP) is 2.59. The molecule has 1 heterocycles. The number of rotatable bonds is 4. The fourth-order valence-corrected chi connectivity index (χ4v) is 1.64. The maximum atomic E-state index is 10.7. The molecule has 0 aliphatic heterocycles. The van der Waals surface area contributed by atoms with E-state index in [2.05, 4.69) is 4.98 Å². The molecule has 0 amide bonds. The van der Waals surface area contributed by atoms with Crippen LogP contribution in [0.3, 0.4) is 0 Å². The number of halogens is 1. The summed E-state index contributed by atoms with van der Waals surface area (Å²) in [6.45, 7) is 0.746.